The molecule has 1 atom stereocenters. The molecule has 0 bridgehead atoms. The Bertz CT molecular complexity index is 1710. The van der Waals surface area contributed by atoms with Crippen molar-refractivity contribution in [3.05, 3.63) is 113 Å². The van der Waals surface area contributed by atoms with E-state index in [2.05, 4.69) is 16.0 Å². The second kappa shape index (κ2) is 16.4. The fourth-order valence-electron chi connectivity index (χ4n) is 4.25. The fourth-order valence-corrected chi connectivity index (χ4v) is 5.36. The summed E-state index contributed by atoms with van der Waals surface area (Å²) in [5, 5.41) is 8.31. The number of hydrogen-bond acceptors (Lipinski definition) is 7. The summed E-state index contributed by atoms with van der Waals surface area (Å²) in [6.07, 6.45) is 1.58. The normalized spacial score (nSPS) is 11.6. The third-order valence-electron chi connectivity index (χ3n) is 6.57. The molecule has 0 heterocycles. The van der Waals surface area contributed by atoms with Gasteiger partial charge in [0.2, 0.25) is 5.91 Å². The molecule has 0 aliphatic rings. The van der Waals surface area contributed by atoms with Crippen LogP contribution in [-0.4, -0.2) is 43.8 Å². The van der Waals surface area contributed by atoms with Crippen LogP contribution in [0.5, 0.6) is 17.2 Å². The Balaban J connectivity index is 1.46. The van der Waals surface area contributed by atoms with Gasteiger partial charge in [0, 0.05) is 27.8 Å². The number of carbonyl (C=O) groups is 3. The van der Waals surface area contributed by atoms with Crippen LogP contribution in [0.2, 0.25) is 5.02 Å². The van der Waals surface area contributed by atoms with Crippen molar-refractivity contribution in [2.24, 2.45) is 0 Å². The van der Waals surface area contributed by atoms with Gasteiger partial charge >= 0.3 is 0 Å². The number of ether oxygens (including phenoxy) is 3. The van der Waals surface area contributed by atoms with Crippen LogP contribution in [0.3, 0.4) is 0 Å². The number of rotatable bonds is 13. The highest BCUT2D eigenvalue weighted by Crippen LogP contribution is 2.36. The molecule has 9 nitrogen and oxygen atoms in total. The quantitative estimate of drug-likeness (QED) is 0.102. The van der Waals surface area contributed by atoms with Gasteiger partial charge in [0.05, 0.1) is 36.8 Å². The van der Waals surface area contributed by atoms with E-state index in [1.165, 1.54) is 26.0 Å². The number of benzene rings is 4. The first-order valence-electron chi connectivity index (χ1n) is 14.3. The van der Waals surface area contributed by atoms with Crippen molar-refractivity contribution in [3.63, 3.8) is 0 Å². The number of methoxy groups -OCH3 is 2. The first-order valence-corrected chi connectivity index (χ1v) is 15.6. The van der Waals surface area contributed by atoms with Crippen LogP contribution >= 0.6 is 23.4 Å². The zero-order chi connectivity index (χ0) is 33.1. The number of thioether (sulfide) groups is 1. The smallest absolute Gasteiger partial charge is 0.272 e. The molecule has 1 unspecified atom stereocenters. The maximum Gasteiger partial charge on any atom is 0.272 e. The molecule has 0 radical (unpaired) electrons. The summed E-state index contributed by atoms with van der Waals surface area (Å²) in [5.74, 6) is 0.236. The van der Waals surface area contributed by atoms with Gasteiger partial charge in [0.25, 0.3) is 11.8 Å². The maximum absolute atomic E-state index is 13.5. The van der Waals surface area contributed by atoms with Crippen LogP contribution in [0.4, 0.5) is 11.4 Å². The van der Waals surface area contributed by atoms with Crippen LogP contribution in [0.15, 0.2) is 102 Å². The predicted octanol–water partition coefficient (Wildman–Crippen LogP) is 7.28. The summed E-state index contributed by atoms with van der Waals surface area (Å²) >= 11 is 7.58. The number of amides is 3. The largest absolute Gasteiger partial charge is 0.495 e. The van der Waals surface area contributed by atoms with Gasteiger partial charge in [-0.05, 0) is 68.5 Å². The number of anilines is 2. The van der Waals surface area contributed by atoms with Crippen LogP contribution < -0.4 is 30.2 Å². The van der Waals surface area contributed by atoms with E-state index in [4.69, 9.17) is 25.8 Å². The average Bonchev–Trinajstić information content (AvgIpc) is 3.06. The van der Waals surface area contributed by atoms with E-state index in [0.29, 0.717) is 51.4 Å². The van der Waals surface area contributed by atoms with E-state index >= 15 is 0 Å². The summed E-state index contributed by atoms with van der Waals surface area (Å²) in [5.41, 5.74) is 2.01. The molecule has 0 aliphatic heterocycles. The summed E-state index contributed by atoms with van der Waals surface area (Å²) in [4.78, 5) is 40.2. The zero-order valence-corrected chi connectivity index (χ0v) is 27.3. The van der Waals surface area contributed by atoms with Crippen LogP contribution in [-0.2, 0) is 9.59 Å². The Kier molecular flexibility index (Phi) is 12.1. The number of halogens is 1. The Morgan fingerprint density at radius 3 is 2.20 bits per heavy atom. The highest BCUT2D eigenvalue weighted by Gasteiger charge is 2.19. The molecule has 4 aromatic carbocycles. The van der Waals surface area contributed by atoms with E-state index in [-0.39, 0.29) is 11.6 Å². The van der Waals surface area contributed by atoms with Crippen LogP contribution in [0, 0.1) is 0 Å². The predicted molar refractivity (Wildman–Crippen MR) is 183 cm³/mol. The summed E-state index contributed by atoms with van der Waals surface area (Å²) < 4.78 is 16.3. The van der Waals surface area contributed by atoms with Crippen molar-refractivity contribution < 1.29 is 28.6 Å². The first-order chi connectivity index (χ1) is 22.2. The SMILES string of the molecule is CCOc1ccccc1/C=C(\NC(=O)c1ccccc1)C(=O)Nc1ccc(SC(C)C(=O)Nc2cc(Cl)c(OC)cc2OC)cc1. The molecule has 0 saturated carbocycles. The molecule has 0 fully saturated rings. The first kappa shape index (κ1) is 34.0. The lowest BCUT2D eigenvalue weighted by atomic mass is 10.1. The van der Waals surface area contributed by atoms with Crippen molar-refractivity contribution in [1.82, 2.24) is 5.32 Å². The summed E-state index contributed by atoms with van der Waals surface area (Å²) in [6, 6.07) is 26.1. The van der Waals surface area contributed by atoms with Crippen LogP contribution in [0.25, 0.3) is 6.08 Å². The summed E-state index contributed by atoms with van der Waals surface area (Å²) in [7, 11) is 2.99. The van der Waals surface area contributed by atoms with E-state index in [9.17, 15) is 14.4 Å². The molecule has 4 aromatic rings. The molecule has 238 valence electrons. The molecule has 0 saturated heterocycles. The van der Waals surface area contributed by atoms with Crippen molar-refractivity contribution in [3.8, 4) is 17.2 Å². The molecule has 4 rings (SSSR count). The molecule has 0 aromatic heterocycles. The third-order valence-corrected chi connectivity index (χ3v) is 7.98. The van der Waals surface area contributed by atoms with E-state index in [0.717, 1.165) is 4.90 Å². The van der Waals surface area contributed by atoms with Crippen molar-refractivity contribution in [2.45, 2.75) is 24.0 Å². The second-order valence-corrected chi connectivity index (χ2v) is 11.6. The minimum Gasteiger partial charge on any atom is -0.495 e. The Labute approximate surface area is 277 Å². The zero-order valence-electron chi connectivity index (χ0n) is 25.8. The molecule has 0 aliphatic carbocycles. The number of carbonyl (C=O) groups excluding carboxylic acids is 3. The van der Waals surface area contributed by atoms with E-state index in [1.54, 1.807) is 85.8 Å². The Hall–Kier alpha value is -4.93. The van der Waals surface area contributed by atoms with Gasteiger partial charge < -0.3 is 30.2 Å². The fraction of sp³-hybridized carbons (Fsp3) is 0.171. The van der Waals surface area contributed by atoms with Crippen molar-refractivity contribution >= 4 is 58.5 Å². The topological polar surface area (TPSA) is 115 Å². The molecule has 0 spiro atoms. The monoisotopic (exact) mass is 659 g/mol. The summed E-state index contributed by atoms with van der Waals surface area (Å²) in [6.45, 7) is 4.09. The van der Waals surface area contributed by atoms with E-state index in [1.807, 2.05) is 25.1 Å². The number of para-hydroxylation sites is 1. The number of hydrogen-bond donors (Lipinski definition) is 3. The Morgan fingerprint density at radius 1 is 0.848 bits per heavy atom. The maximum atomic E-state index is 13.5. The lowest BCUT2D eigenvalue weighted by Gasteiger charge is -2.16. The molecular weight excluding hydrogens is 626 g/mol. The minimum atomic E-state index is -0.518. The standard InChI is InChI=1S/C35H34ClN3O6S/c1-5-45-30-14-10-9-13-24(30)19-29(39-34(41)23-11-7-6-8-12-23)35(42)37-25-15-17-26(18-16-25)46-22(2)33(40)38-28-20-27(36)31(43-3)21-32(28)44-4/h6-22H,5H2,1-4H3,(H,37,42)(H,38,40)(H,39,41)/b29-19-. The molecule has 46 heavy (non-hydrogen) atoms. The van der Waals surface area contributed by atoms with Gasteiger partial charge in [0.1, 0.15) is 22.9 Å². The lowest BCUT2D eigenvalue weighted by molar-refractivity contribution is -0.115. The minimum absolute atomic E-state index is 0.0406. The molecular formula is C35H34ClN3O6S. The molecule has 11 heteroatoms. The van der Waals surface area contributed by atoms with Gasteiger partial charge in [-0.15, -0.1) is 11.8 Å². The van der Waals surface area contributed by atoms with E-state index < -0.39 is 17.1 Å². The average molecular weight is 660 g/mol. The highest BCUT2D eigenvalue weighted by atomic mass is 35.5. The van der Waals surface area contributed by atoms with Gasteiger partial charge in [0.15, 0.2) is 0 Å². The van der Waals surface area contributed by atoms with Gasteiger partial charge in [-0.2, -0.15) is 0 Å². The van der Waals surface area contributed by atoms with Crippen molar-refractivity contribution in [2.75, 3.05) is 31.5 Å². The lowest BCUT2D eigenvalue weighted by Crippen LogP contribution is -2.30. The van der Waals surface area contributed by atoms with Crippen LogP contribution in [0.1, 0.15) is 29.8 Å². The van der Waals surface area contributed by atoms with Crippen molar-refractivity contribution in [1.29, 1.82) is 0 Å². The molecule has 3 N–H and O–H groups in total. The Morgan fingerprint density at radius 2 is 1.52 bits per heavy atom. The van der Waals surface area contributed by atoms with Gasteiger partial charge in [-0.3, -0.25) is 14.4 Å². The third kappa shape index (κ3) is 9.06. The van der Waals surface area contributed by atoms with Gasteiger partial charge in [-0.1, -0.05) is 48.0 Å². The highest BCUT2D eigenvalue weighted by molar-refractivity contribution is 8.00. The van der Waals surface area contributed by atoms with Gasteiger partial charge in [-0.25, -0.2) is 0 Å². The second-order valence-electron chi connectivity index (χ2n) is 9.76. The molecule has 3 amide bonds. The number of nitrogens with one attached hydrogen (secondary N) is 3.